The first-order chi connectivity index (χ1) is 15.4. The van der Waals surface area contributed by atoms with E-state index in [1.807, 2.05) is 0 Å². The van der Waals surface area contributed by atoms with Crippen molar-refractivity contribution >= 4 is 27.3 Å². The third kappa shape index (κ3) is 5.12. The predicted molar refractivity (Wildman–Crippen MR) is 122 cm³/mol. The number of hydrogen-bond donors (Lipinski definition) is 1. The molecule has 3 aromatic rings. The fourth-order valence-electron chi connectivity index (χ4n) is 3.03. The number of carbonyl (C=O) groups excluding carboxylic acids is 1. The SMILES string of the molecule is COc1ccc(N(CC(=O)Nc2ccc(OC)c(OC)c2)S(=O)(=O)c2ccccc2)cc1. The van der Waals surface area contributed by atoms with Crippen LogP contribution in [-0.2, 0) is 14.8 Å². The lowest BCUT2D eigenvalue weighted by molar-refractivity contribution is -0.114. The topological polar surface area (TPSA) is 94.2 Å². The average Bonchev–Trinajstić information content (AvgIpc) is 2.83. The summed E-state index contributed by atoms with van der Waals surface area (Å²) in [7, 11) is 0.519. The van der Waals surface area contributed by atoms with Crippen LogP contribution in [0.3, 0.4) is 0 Å². The highest BCUT2D eigenvalue weighted by atomic mass is 32.2. The van der Waals surface area contributed by atoms with E-state index in [2.05, 4.69) is 5.32 Å². The van der Waals surface area contributed by atoms with Crippen molar-refractivity contribution in [2.75, 3.05) is 37.5 Å². The molecule has 0 fully saturated rings. The second-order valence-corrected chi connectivity index (χ2v) is 8.50. The Bertz CT molecular complexity index is 1160. The molecule has 0 radical (unpaired) electrons. The third-order valence-corrected chi connectivity index (χ3v) is 6.43. The molecule has 1 N–H and O–H groups in total. The van der Waals surface area contributed by atoms with E-state index >= 15 is 0 Å². The highest BCUT2D eigenvalue weighted by molar-refractivity contribution is 7.92. The van der Waals surface area contributed by atoms with Gasteiger partial charge in [0.1, 0.15) is 12.3 Å². The van der Waals surface area contributed by atoms with Gasteiger partial charge in [-0.05, 0) is 48.5 Å². The van der Waals surface area contributed by atoms with Crippen molar-refractivity contribution in [3.63, 3.8) is 0 Å². The van der Waals surface area contributed by atoms with Gasteiger partial charge in [0.15, 0.2) is 11.5 Å². The normalized spacial score (nSPS) is 10.8. The van der Waals surface area contributed by atoms with Crippen molar-refractivity contribution < 1.29 is 27.4 Å². The summed E-state index contributed by atoms with van der Waals surface area (Å²) in [5, 5.41) is 2.71. The first-order valence-electron chi connectivity index (χ1n) is 9.62. The summed E-state index contributed by atoms with van der Waals surface area (Å²) in [4.78, 5) is 12.9. The first-order valence-corrected chi connectivity index (χ1v) is 11.1. The van der Waals surface area contributed by atoms with Crippen molar-refractivity contribution in [1.29, 1.82) is 0 Å². The number of benzene rings is 3. The van der Waals surface area contributed by atoms with Crippen LogP contribution in [0.4, 0.5) is 11.4 Å². The molecule has 0 saturated heterocycles. The quantitative estimate of drug-likeness (QED) is 0.529. The molecule has 0 aliphatic heterocycles. The molecular weight excluding hydrogens is 432 g/mol. The molecule has 0 spiro atoms. The summed E-state index contributed by atoms with van der Waals surface area (Å²) in [6.45, 7) is -0.433. The number of nitrogens with zero attached hydrogens (tertiary/aromatic N) is 1. The lowest BCUT2D eigenvalue weighted by Gasteiger charge is -2.24. The standard InChI is InChI=1S/C23H24N2O6S/c1-29-19-12-10-18(11-13-19)25(32(27,28)20-7-5-4-6-8-20)16-23(26)24-17-9-14-21(30-2)22(15-17)31-3/h4-15H,16H2,1-3H3,(H,24,26). The van der Waals surface area contributed by atoms with E-state index in [1.54, 1.807) is 60.7 Å². The second kappa shape index (κ2) is 10.1. The van der Waals surface area contributed by atoms with E-state index < -0.39 is 22.5 Å². The molecule has 3 rings (SSSR count). The Morgan fingerprint density at radius 1 is 0.844 bits per heavy atom. The van der Waals surface area contributed by atoms with Gasteiger partial charge < -0.3 is 19.5 Å². The number of sulfonamides is 1. The fourth-order valence-corrected chi connectivity index (χ4v) is 4.47. The minimum atomic E-state index is -4.00. The first kappa shape index (κ1) is 23.0. The second-order valence-electron chi connectivity index (χ2n) is 6.64. The van der Waals surface area contributed by atoms with Crippen LogP contribution in [-0.4, -0.2) is 42.2 Å². The molecule has 1 amide bonds. The lowest BCUT2D eigenvalue weighted by Crippen LogP contribution is -2.38. The van der Waals surface area contributed by atoms with Gasteiger partial charge in [-0.3, -0.25) is 9.10 Å². The summed E-state index contributed by atoms with van der Waals surface area (Å²) < 4.78 is 43.3. The van der Waals surface area contributed by atoms with Gasteiger partial charge in [-0.15, -0.1) is 0 Å². The Hall–Kier alpha value is -3.72. The van der Waals surface area contributed by atoms with Crippen LogP contribution >= 0.6 is 0 Å². The van der Waals surface area contributed by atoms with Crippen molar-refractivity contribution in [3.8, 4) is 17.2 Å². The molecule has 3 aromatic carbocycles. The number of methoxy groups -OCH3 is 3. The smallest absolute Gasteiger partial charge is 0.264 e. The highest BCUT2D eigenvalue weighted by Crippen LogP contribution is 2.30. The van der Waals surface area contributed by atoms with E-state index in [-0.39, 0.29) is 4.90 Å². The highest BCUT2D eigenvalue weighted by Gasteiger charge is 2.27. The Kier molecular flexibility index (Phi) is 7.21. The zero-order valence-corrected chi connectivity index (χ0v) is 18.8. The molecule has 0 aromatic heterocycles. The van der Waals surface area contributed by atoms with Gasteiger partial charge in [0.2, 0.25) is 5.91 Å². The molecule has 0 unspecified atom stereocenters. The minimum absolute atomic E-state index is 0.0785. The number of amides is 1. The van der Waals surface area contributed by atoms with E-state index in [0.717, 1.165) is 4.31 Å². The molecule has 32 heavy (non-hydrogen) atoms. The number of rotatable bonds is 9. The van der Waals surface area contributed by atoms with Gasteiger partial charge in [-0.1, -0.05) is 18.2 Å². The van der Waals surface area contributed by atoms with Crippen LogP contribution < -0.4 is 23.8 Å². The molecule has 0 aliphatic carbocycles. The van der Waals surface area contributed by atoms with Crippen LogP contribution in [0, 0.1) is 0 Å². The summed E-state index contributed by atoms with van der Waals surface area (Å²) >= 11 is 0. The summed E-state index contributed by atoms with van der Waals surface area (Å²) in [5.41, 5.74) is 0.775. The molecular formula is C23H24N2O6S. The van der Waals surface area contributed by atoms with Crippen molar-refractivity contribution in [2.45, 2.75) is 4.90 Å². The number of anilines is 2. The Morgan fingerprint density at radius 3 is 2.09 bits per heavy atom. The van der Waals surface area contributed by atoms with Crippen LogP contribution in [0.1, 0.15) is 0 Å². The molecule has 0 bridgehead atoms. The summed E-state index contributed by atoms with van der Waals surface area (Å²) in [6.07, 6.45) is 0. The summed E-state index contributed by atoms with van der Waals surface area (Å²) in [5.74, 6) is 0.999. The van der Waals surface area contributed by atoms with Gasteiger partial charge in [0, 0.05) is 11.8 Å². The van der Waals surface area contributed by atoms with Crippen LogP contribution in [0.15, 0.2) is 77.7 Å². The molecule has 0 saturated carbocycles. The third-order valence-electron chi connectivity index (χ3n) is 4.65. The van der Waals surface area contributed by atoms with Gasteiger partial charge in [0.05, 0.1) is 31.9 Å². The Labute approximate surface area is 187 Å². The van der Waals surface area contributed by atoms with Gasteiger partial charge >= 0.3 is 0 Å². The fraction of sp³-hybridized carbons (Fsp3) is 0.174. The van der Waals surface area contributed by atoms with Gasteiger partial charge in [-0.2, -0.15) is 0 Å². The molecule has 8 nitrogen and oxygen atoms in total. The number of hydrogen-bond acceptors (Lipinski definition) is 6. The monoisotopic (exact) mass is 456 g/mol. The maximum absolute atomic E-state index is 13.3. The summed E-state index contributed by atoms with van der Waals surface area (Å²) in [6, 6.07) is 19.3. The zero-order valence-electron chi connectivity index (χ0n) is 17.9. The maximum atomic E-state index is 13.3. The van der Waals surface area contributed by atoms with E-state index in [1.165, 1.54) is 33.5 Å². The van der Waals surface area contributed by atoms with Crippen LogP contribution in [0.5, 0.6) is 17.2 Å². The van der Waals surface area contributed by atoms with Crippen LogP contribution in [0.2, 0.25) is 0 Å². The van der Waals surface area contributed by atoms with Crippen molar-refractivity contribution in [3.05, 3.63) is 72.8 Å². The lowest BCUT2D eigenvalue weighted by atomic mass is 10.2. The molecule has 168 valence electrons. The van der Waals surface area contributed by atoms with Crippen LogP contribution in [0.25, 0.3) is 0 Å². The van der Waals surface area contributed by atoms with Crippen molar-refractivity contribution in [1.82, 2.24) is 0 Å². The van der Waals surface area contributed by atoms with Crippen molar-refractivity contribution in [2.24, 2.45) is 0 Å². The Balaban J connectivity index is 1.91. The average molecular weight is 457 g/mol. The molecule has 0 atom stereocenters. The molecule has 0 heterocycles. The molecule has 0 aliphatic rings. The maximum Gasteiger partial charge on any atom is 0.264 e. The Morgan fingerprint density at radius 2 is 1.50 bits per heavy atom. The van der Waals surface area contributed by atoms with E-state index in [4.69, 9.17) is 14.2 Å². The van der Waals surface area contributed by atoms with E-state index in [0.29, 0.717) is 28.6 Å². The largest absolute Gasteiger partial charge is 0.497 e. The zero-order chi connectivity index (χ0) is 23.1. The number of nitrogens with one attached hydrogen (secondary N) is 1. The predicted octanol–water partition coefficient (Wildman–Crippen LogP) is 3.55. The minimum Gasteiger partial charge on any atom is -0.497 e. The van der Waals surface area contributed by atoms with Gasteiger partial charge in [-0.25, -0.2) is 8.42 Å². The number of ether oxygens (including phenoxy) is 3. The number of carbonyl (C=O) groups is 1. The molecule has 9 heteroatoms. The van der Waals surface area contributed by atoms with E-state index in [9.17, 15) is 13.2 Å². The van der Waals surface area contributed by atoms with Gasteiger partial charge in [0.25, 0.3) is 10.0 Å².